The molecule has 0 spiro atoms. The number of rotatable bonds is 14. The zero-order chi connectivity index (χ0) is 30.1. The molecule has 0 radical (unpaired) electrons. The molecule has 0 aliphatic carbocycles. The van der Waals surface area contributed by atoms with Crippen LogP contribution in [0.1, 0.15) is 46.1 Å². The van der Waals surface area contributed by atoms with Crippen LogP contribution in [0.3, 0.4) is 0 Å². The van der Waals surface area contributed by atoms with Crippen molar-refractivity contribution in [2.75, 3.05) is 13.7 Å². The Hall–Kier alpha value is -2.20. The summed E-state index contributed by atoms with van der Waals surface area (Å²) in [5.74, 6) is -16.4. The van der Waals surface area contributed by atoms with Gasteiger partial charge in [-0.2, -0.15) is 43.9 Å². The molecule has 1 aromatic rings. The van der Waals surface area contributed by atoms with Gasteiger partial charge in [-0.3, -0.25) is 0 Å². The minimum atomic E-state index is -5.70. The first-order chi connectivity index (χ1) is 16.9. The van der Waals surface area contributed by atoms with E-state index in [4.69, 9.17) is 0 Å². The van der Waals surface area contributed by atoms with Gasteiger partial charge in [-0.15, -0.1) is 0 Å². The van der Waals surface area contributed by atoms with Crippen LogP contribution in [0.2, 0.25) is 0 Å². The maximum absolute atomic E-state index is 14.9. The monoisotopic (exact) mass is 580 g/mol. The van der Waals surface area contributed by atoms with Gasteiger partial charge in [0.25, 0.3) is 0 Å². The summed E-state index contributed by atoms with van der Waals surface area (Å²) < 4.78 is 186. The number of halogens is 12. The van der Waals surface area contributed by atoms with Crippen LogP contribution >= 0.6 is 0 Å². The molecule has 38 heavy (non-hydrogen) atoms. The first-order valence-electron chi connectivity index (χ1n) is 10.5. The zero-order valence-corrected chi connectivity index (χ0v) is 20.6. The van der Waals surface area contributed by atoms with Crippen molar-refractivity contribution in [1.29, 1.82) is 0 Å². The van der Waals surface area contributed by atoms with Crippen LogP contribution in [0.4, 0.5) is 52.7 Å². The minimum Gasteiger partial charge on any atom is -0.478 e. The second kappa shape index (κ2) is 11.1. The van der Waals surface area contributed by atoms with E-state index in [-0.39, 0.29) is 6.92 Å². The fourth-order valence-electron chi connectivity index (χ4n) is 3.13. The van der Waals surface area contributed by atoms with E-state index < -0.39 is 89.5 Å². The third-order valence-electron chi connectivity index (χ3n) is 5.26. The van der Waals surface area contributed by atoms with Crippen molar-refractivity contribution in [2.24, 2.45) is 0 Å². The molecule has 0 bridgehead atoms. The van der Waals surface area contributed by atoms with Gasteiger partial charge in [0, 0.05) is 7.11 Å². The number of hydrogen-bond donors (Lipinski definition) is 0. The molecule has 4 nitrogen and oxygen atoms in total. The van der Waals surface area contributed by atoms with Gasteiger partial charge in [0.05, 0.1) is 17.6 Å². The fourth-order valence-corrected chi connectivity index (χ4v) is 3.13. The lowest BCUT2D eigenvalue weighted by Gasteiger charge is -2.43. The lowest BCUT2D eigenvalue weighted by molar-refractivity contribution is -0.441. The molecule has 0 aliphatic rings. The Labute approximate surface area is 209 Å². The molecule has 0 saturated carbocycles. The van der Waals surface area contributed by atoms with E-state index in [2.05, 4.69) is 25.5 Å². The normalized spacial score (nSPS) is 15.4. The molecule has 0 heterocycles. The van der Waals surface area contributed by atoms with Crippen LogP contribution in [0.15, 0.2) is 6.58 Å². The molecule has 1 unspecified atom stereocenters. The van der Waals surface area contributed by atoms with Crippen molar-refractivity contribution < 1.29 is 71.6 Å². The molecule has 0 saturated heterocycles. The highest BCUT2D eigenvalue weighted by Crippen LogP contribution is 2.50. The van der Waals surface area contributed by atoms with Crippen LogP contribution in [0.25, 0.3) is 6.08 Å². The molecule has 1 aromatic carbocycles. The predicted octanol–water partition coefficient (Wildman–Crippen LogP) is 7.70. The molecule has 220 valence electrons. The van der Waals surface area contributed by atoms with Gasteiger partial charge < -0.3 is 18.9 Å². The van der Waals surface area contributed by atoms with E-state index in [0.29, 0.717) is 34.0 Å². The molecule has 0 amide bonds. The summed E-state index contributed by atoms with van der Waals surface area (Å²) in [6.07, 6.45) is -17.4. The summed E-state index contributed by atoms with van der Waals surface area (Å²) in [6, 6.07) is 0. The number of hydrogen-bond acceptors (Lipinski definition) is 4. The third kappa shape index (κ3) is 7.05. The Balaban J connectivity index is 3.25. The second-order valence-electron chi connectivity index (χ2n) is 8.79. The second-order valence-corrected chi connectivity index (χ2v) is 8.79. The Kier molecular flexibility index (Phi) is 9.90. The quantitative estimate of drug-likeness (QED) is 0.167. The summed E-state index contributed by atoms with van der Waals surface area (Å²) >= 11 is 0. The van der Waals surface area contributed by atoms with Crippen LogP contribution in [0.5, 0.6) is 5.75 Å². The van der Waals surface area contributed by atoms with Crippen LogP contribution in [-0.4, -0.2) is 49.2 Å². The fraction of sp³-hybridized carbons (Fsp3) is 0.636. The molecule has 0 fully saturated rings. The Morgan fingerprint density at radius 2 is 1.24 bits per heavy atom. The maximum Gasteiger partial charge on any atom is 0.422 e. The van der Waals surface area contributed by atoms with E-state index in [0.717, 1.165) is 0 Å². The van der Waals surface area contributed by atoms with Gasteiger partial charge in [-0.05, 0) is 27.2 Å². The summed E-state index contributed by atoms with van der Waals surface area (Å²) in [5.41, 5.74) is -7.83. The van der Waals surface area contributed by atoms with Crippen molar-refractivity contribution in [3.05, 3.63) is 35.4 Å². The van der Waals surface area contributed by atoms with E-state index in [1.165, 1.54) is 0 Å². The average Bonchev–Trinajstić information content (AvgIpc) is 2.76. The number of methoxy groups -OCH3 is 1. The van der Waals surface area contributed by atoms with Gasteiger partial charge in [0.1, 0.15) is 5.60 Å². The average molecular weight is 580 g/mol. The third-order valence-corrected chi connectivity index (χ3v) is 5.26. The van der Waals surface area contributed by atoms with Crippen LogP contribution in [0, 0.1) is 23.3 Å². The molecule has 1 atom stereocenters. The smallest absolute Gasteiger partial charge is 0.422 e. The number of benzene rings is 1. The van der Waals surface area contributed by atoms with Gasteiger partial charge in [-0.1, -0.05) is 19.6 Å². The highest BCUT2D eigenvalue weighted by molar-refractivity contribution is 5.51. The van der Waals surface area contributed by atoms with Crippen molar-refractivity contribution in [1.82, 2.24) is 0 Å². The number of ether oxygens (including phenoxy) is 4. The highest BCUT2D eigenvalue weighted by Gasteiger charge is 2.71. The zero-order valence-electron chi connectivity index (χ0n) is 20.6. The first-order valence-corrected chi connectivity index (χ1v) is 10.5. The Morgan fingerprint density at radius 1 is 0.763 bits per heavy atom. The van der Waals surface area contributed by atoms with E-state index in [1.807, 2.05) is 0 Å². The Bertz CT molecular complexity index is 984. The maximum atomic E-state index is 14.9. The van der Waals surface area contributed by atoms with E-state index in [9.17, 15) is 52.7 Å². The molecular weight excluding hydrogens is 556 g/mol. The van der Waals surface area contributed by atoms with E-state index >= 15 is 0 Å². The SMILES string of the molecule is C=Cc1c(F)c(F)c(OCC(F)(F)OC(C)(CC)C(F)(F)C(F)(F)OC(C)(C)CC(F)(F)OC)c(F)c1F. The summed E-state index contributed by atoms with van der Waals surface area (Å²) in [5, 5.41) is 0. The van der Waals surface area contributed by atoms with Gasteiger partial charge in [0.15, 0.2) is 24.0 Å². The highest BCUT2D eigenvalue weighted by atomic mass is 19.3. The topological polar surface area (TPSA) is 36.9 Å². The van der Waals surface area contributed by atoms with Gasteiger partial charge in [0.2, 0.25) is 11.6 Å². The van der Waals surface area contributed by atoms with Gasteiger partial charge in [-0.25, -0.2) is 8.78 Å². The minimum absolute atomic E-state index is 0.0916. The lowest BCUT2D eigenvalue weighted by Crippen LogP contribution is -2.63. The molecule has 0 aliphatic heterocycles. The first kappa shape index (κ1) is 33.8. The van der Waals surface area contributed by atoms with Crippen molar-refractivity contribution in [2.45, 2.75) is 76.0 Å². The van der Waals surface area contributed by atoms with Crippen LogP contribution < -0.4 is 4.74 Å². The summed E-state index contributed by atoms with van der Waals surface area (Å²) in [4.78, 5) is 0. The Morgan fingerprint density at radius 3 is 1.63 bits per heavy atom. The molecule has 16 heteroatoms. The molecule has 0 aromatic heterocycles. The largest absolute Gasteiger partial charge is 0.478 e. The van der Waals surface area contributed by atoms with Crippen molar-refractivity contribution >= 4 is 6.08 Å². The summed E-state index contributed by atoms with van der Waals surface area (Å²) in [6.45, 7) is 2.49. The standard InChI is InChI=1S/C22H24F12O4/c1-7-11-12(23)14(25)16(15(26)13(11)24)36-10-20(29,30)38-18(5,8-2)21(31,32)22(33,34)37-17(3,4)9-19(27,28)35-6/h7H,1,8-10H2,2-6H3. The lowest BCUT2D eigenvalue weighted by atomic mass is 9.92. The van der Waals surface area contributed by atoms with Gasteiger partial charge >= 0.3 is 24.2 Å². The summed E-state index contributed by atoms with van der Waals surface area (Å²) in [7, 11) is 0.503. The van der Waals surface area contributed by atoms with Crippen molar-refractivity contribution in [3.63, 3.8) is 0 Å². The number of alkyl halides is 8. The van der Waals surface area contributed by atoms with Crippen molar-refractivity contribution in [3.8, 4) is 5.75 Å². The predicted molar refractivity (Wildman–Crippen MR) is 108 cm³/mol. The molecular formula is C22H24F12O4. The molecule has 1 rings (SSSR count). The molecule has 0 N–H and O–H groups in total. The van der Waals surface area contributed by atoms with Crippen LogP contribution in [-0.2, 0) is 14.2 Å². The van der Waals surface area contributed by atoms with E-state index in [1.54, 1.807) is 0 Å².